The number of nitrogens with one attached hydrogen (secondary N) is 1. The Hall–Kier alpha value is -1.39. The molecule has 5 heteroatoms. The Morgan fingerprint density at radius 1 is 1.40 bits per heavy atom. The number of rotatable bonds is 4. The molecule has 1 fully saturated rings. The van der Waals surface area contributed by atoms with E-state index in [1.807, 2.05) is 23.7 Å². The van der Waals surface area contributed by atoms with Crippen molar-refractivity contribution in [2.24, 2.45) is 7.05 Å². The molecule has 0 amide bonds. The molecule has 0 radical (unpaired) electrons. The van der Waals surface area contributed by atoms with Crippen LogP contribution in [0, 0.1) is 0 Å². The smallest absolute Gasteiger partial charge is 0.149 e. The van der Waals surface area contributed by atoms with Gasteiger partial charge in [0, 0.05) is 18.1 Å². The van der Waals surface area contributed by atoms with Crippen LogP contribution in [0.1, 0.15) is 43.1 Å². The van der Waals surface area contributed by atoms with E-state index in [0.717, 1.165) is 23.7 Å². The van der Waals surface area contributed by atoms with Crippen molar-refractivity contribution in [1.82, 2.24) is 20.1 Å². The van der Waals surface area contributed by atoms with Gasteiger partial charge >= 0.3 is 0 Å². The van der Waals surface area contributed by atoms with E-state index in [0.29, 0.717) is 12.0 Å². The molecule has 1 saturated carbocycles. The molecule has 1 aliphatic rings. The zero-order chi connectivity index (χ0) is 14.1. The highest BCUT2D eigenvalue weighted by Gasteiger charge is 2.31. The van der Waals surface area contributed by atoms with Crippen LogP contribution in [0.15, 0.2) is 30.6 Å². The Labute approximate surface area is 124 Å². The predicted molar refractivity (Wildman–Crippen MR) is 79.8 cm³/mol. The summed E-state index contributed by atoms with van der Waals surface area (Å²) < 4.78 is 1.96. The van der Waals surface area contributed by atoms with E-state index in [2.05, 4.69) is 34.6 Å². The molecule has 20 heavy (non-hydrogen) atoms. The van der Waals surface area contributed by atoms with E-state index in [9.17, 15) is 0 Å². The van der Waals surface area contributed by atoms with E-state index >= 15 is 0 Å². The van der Waals surface area contributed by atoms with Gasteiger partial charge in [-0.15, -0.1) is 10.2 Å². The summed E-state index contributed by atoms with van der Waals surface area (Å²) >= 11 is 6.04. The Kier molecular flexibility index (Phi) is 3.76. The van der Waals surface area contributed by atoms with E-state index in [1.165, 1.54) is 5.56 Å². The maximum absolute atomic E-state index is 6.04. The molecule has 0 aliphatic heterocycles. The maximum atomic E-state index is 6.04. The Bertz CT molecular complexity index is 589. The molecule has 1 aromatic heterocycles. The highest BCUT2D eigenvalue weighted by Crippen LogP contribution is 2.38. The molecule has 1 atom stereocenters. The van der Waals surface area contributed by atoms with Crippen LogP contribution >= 0.6 is 11.6 Å². The van der Waals surface area contributed by atoms with Crippen molar-refractivity contribution in [3.05, 3.63) is 47.0 Å². The second-order valence-electron chi connectivity index (χ2n) is 5.61. The molecule has 1 N–H and O–H groups in total. The number of aromatic nitrogens is 3. The van der Waals surface area contributed by atoms with Gasteiger partial charge in [0.15, 0.2) is 0 Å². The van der Waals surface area contributed by atoms with Gasteiger partial charge in [-0.05, 0) is 43.4 Å². The van der Waals surface area contributed by atoms with Gasteiger partial charge in [-0.25, -0.2) is 0 Å². The lowest BCUT2D eigenvalue weighted by atomic mass is 9.75. The van der Waals surface area contributed by atoms with Crippen molar-refractivity contribution in [3.8, 4) is 0 Å². The van der Waals surface area contributed by atoms with Crippen molar-refractivity contribution in [2.45, 2.75) is 37.8 Å². The van der Waals surface area contributed by atoms with Crippen molar-refractivity contribution < 1.29 is 0 Å². The second-order valence-corrected chi connectivity index (χ2v) is 6.05. The molecule has 1 aliphatic carbocycles. The van der Waals surface area contributed by atoms with Crippen LogP contribution in [0.4, 0.5) is 0 Å². The van der Waals surface area contributed by atoms with Gasteiger partial charge in [0.2, 0.25) is 0 Å². The third kappa shape index (κ3) is 2.72. The largest absolute Gasteiger partial charge is 0.319 e. The summed E-state index contributed by atoms with van der Waals surface area (Å²) in [6.07, 6.45) is 4.05. The van der Waals surface area contributed by atoms with E-state index in [-0.39, 0.29) is 6.04 Å². The lowest BCUT2D eigenvalue weighted by Crippen LogP contribution is -2.41. The number of benzene rings is 1. The number of halogens is 1. The monoisotopic (exact) mass is 290 g/mol. The Balaban J connectivity index is 1.55. The molecule has 1 heterocycles. The van der Waals surface area contributed by atoms with Crippen molar-refractivity contribution in [3.63, 3.8) is 0 Å². The number of hydrogen-bond acceptors (Lipinski definition) is 3. The first-order chi connectivity index (χ1) is 9.63. The summed E-state index contributed by atoms with van der Waals surface area (Å²) in [6.45, 7) is 2.14. The first-order valence-electron chi connectivity index (χ1n) is 6.99. The van der Waals surface area contributed by atoms with Crippen LogP contribution in [0.2, 0.25) is 5.02 Å². The zero-order valence-corrected chi connectivity index (χ0v) is 12.5. The SMILES string of the molecule is CC(NC1CC(c2cccc(Cl)c2)C1)c1nncn1C. The molecule has 4 nitrogen and oxygen atoms in total. The van der Waals surface area contributed by atoms with Crippen LogP contribution in [0.5, 0.6) is 0 Å². The highest BCUT2D eigenvalue weighted by atomic mass is 35.5. The van der Waals surface area contributed by atoms with Gasteiger partial charge in [-0.3, -0.25) is 0 Å². The minimum absolute atomic E-state index is 0.229. The number of hydrogen-bond donors (Lipinski definition) is 1. The molecule has 3 rings (SSSR count). The fourth-order valence-electron chi connectivity index (χ4n) is 2.90. The van der Waals surface area contributed by atoms with Gasteiger partial charge in [-0.2, -0.15) is 0 Å². The summed E-state index contributed by atoms with van der Waals surface area (Å²) in [7, 11) is 1.98. The average Bonchev–Trinajstić information content (AvgIpc) is 2.79. The summed E-state index contributed by atoms with van der Waals surface area (Å²) in [5, 5.41) is 12.5. The van der Waals surface area contributed by atoms with E-state index in [4.69, 9.17) is 11.6 Å². The highest BCUT2D eigenvalue weighted by molar-refractivity contribution is 6.30. The fraction of sp³-hybridized carbons (Fsp3) is 0.467. The summed E-state index contributed by atoms with van der Waals surface area (Å²) in [6, 6.07) is 8.97. The minimum atomic E-state index is 0.229. The van der Waals surface area contributed by atoms with E-state index in [1.54, 1.807) is 6.33 Å². The molecular weight excluding hydrogens is 272 g/mol. The maximum Gasteiger partial charge on any atom is 0.149 e. The molecule has 0 saturated heterocycles. The zero-order valence-electron chi connectivity index (χ0n) is 11.8. The second kappa shape index (κ2) is 5.54. The van der Waals surface area contributed by atoms with Crippen molar-refractivity contribution in [1.29, 1.82) is 0 Å². The van der Waals surface area contributed by atoms with Gasteiger partial charge in [0.25, 0.3) is 0 Å². The molecule has 0 spiro atoms. The van der Waals surface area contributed by atoms with Crippen LogP contribution in [-0.2, 0) is 7.05 Å². The molecular formula is C15H19ClN4. The number of aryl methyl sites for hydroxylation is 1. The van der Waals surface area contributed by atoms with Gasteiger partial charge < -0.3 is 9.88 Å². The molecule has 2 aromatic rings. The average molecular weight is 291 g/mol. The third-order valence-electron chi connectivity index (χ3n) is 4.08. The van der Waals surface area contributed by atoms with Crippen molar-refractivity contribution >= 4 is 11.6 Å². The summed E-state index contributed by atoms with van der Waals surface area (Å²) in [5.74, 6) is 1.61. The molecule has 0 bridgehead atoms. The molecule has 1 aromatic carbocycles. The van der Waals surface area contributed by atoms with Crippen LogP contribution < -0.4 is 5.32 Å². The van der Waals surface area contributed by atoms with Gasteiger partial charge in [0.05, 0.1) is 6.04 Å². The Morgan fingerprint density at radius 3 is 2.85 bits per heavy atom. The fourth-order valence-corrected chi connectivity index (χ4v) is 3.10. The van der Waals surface area contributed by atoms with E-state index < -0.39 is 0 Å². The summed E-state index contributed by atoms with van der Waals surface area (Å²) in [4.78, 5) is 0. The topological polar surface area (TPSA) is 42.7 Å². The van der Waals surface area contributed by atoms with Crippen LogP contribution in [-0.4, -0.2) is 20.8 Å². The first-order valence-corrected chi connectivity index (χ1v) is 7.36. The van der Waals surface area contributed by atoms with Crippen LogP contribution in [0.25, 0.3) is 0 Å². The normalized spacial score (nSPS) is 23.4. The standard InChI is InChI=1S/C15H19ClN4/c1-10(15-19-17-9-20(15)2)18-14-7-12(8-14)11-4-3-5-13(16)6-11/h3-6,9-10,12,14,18H,7-8H2,1-2H3. The van der Waals surface area contributed by atoms with Crippen molar-refractivity contribution in [2.75, 3.05) is 0 Å². The van der Waals surface area contributed by atoms with Gasteiger partial charge in [0.1, 0.15) is 12.2 Å². The number of nitrogens with zero attached hydrogens (tertiary/aromatic N) is 3. The van der Waals surface area contributed by atoms with Gasteiger partial charge in [-0.1, -0.05) is 23.7 Å². The lowest BCUT2D eigenvalue weighted by Gasteiger charge is -2.38. The Morgan fingerprint density at radius 2 is 2.20 bits per heavy atom. The quantitative estimate of drug-likeness (QED) is 0.941. The summed E-state index contributed by atoms with van der Waals surface area (Å²) in [5.41, 5.74) is 1.35. The third-order valence-corrected chi connectivity index (χ3v) is 4.31. The van der Waals surface area contributed by atoms with Crippen LogP contribution in [0.3, 0.4) is 0 Å². The first kappa shape index (κ1) is 13.6. The molecule has 106 valence electrons. The molecule has 1 unspecified atom stereocenters. The lowest BCUT2D eigenvalue weighted by molar-refractivity contribution is 0.266. The predicted octanol–water partition coefficient (Wildman–Crippen LogP) is 3.07. The minimum Gasteiger partial charge on any atom is -0.319 e.